The number of amides is 1. The maximum Gasteiger partial charge on any atom is 0.260 e. The lowest BCUT2D eigenvalue weighted by Gasteiger charge is -2.26. The van der Waals surface area contributed by atoms with Gasteiger partial charge in [-0.05, 0) is 18.2 Å². The molecular weight excluding hydrogens is 246 g/mol. The molecule has 1 amide bonds. The molecule has 19 heavy (non-hydrogen) atoms. The Balaban J connectivity index is 2.08. The summed E-state index contributed by atoms with van der Waals surface area (Å²) < 4.78 is 0. The highest BCUT2D eigenvalue weighted by Crippen LogP contribution is 2.15. The van der Waals surface area contributed by atoms with E-state index in [1.807, 2.05) is 0 Å². The van der Waals surface area contributed by atoms with Crippen LogP contribution in [0.15, 0.2) is 23.0 Å². The monoisotopic (exact) mass is 259 g/mol. The second kappa shape index (κ2) is 4.27. The van der Waals surface area contributed by atoms with E-state index in [1.54, 1.807) is 23.1 Å². The number of nitrogens with two attached hydrogens (primary N) is 1. The van der Waals surface area contributed by atoms with E-state index in [0.29, 0.717) is 35.6 Å². The van der Waals surface area contributed by atoms with Gasteiger partial charge in [-0.15, -0.1) is 0 Å². The summed E-state index contributed by atoms with van der Waals surface area (Å²) in [6, 6.07) is 4.99. The van der Waals surface area contributed by atoms with E-state index in [9.17, 15) is 9.59 Å². The highest BCUT2D eigenvalue weighted by Gasteiger charge is 2.18. The molecule has 0 unspecified atom stereocenters. The third kappa shape index (κ3) is 2.10. The van der Waals surface area contributed by atoms with Crippen molar-refractivity contribution in [1.29, 1.82) is 0 Å². The molecule has 3 rings (SSSR count). The predicted molar refractivity (Wildman–Crippen MR) is 72.0 cm³/mol. The number of carbonyl (C=O) groups excluding carboxylic acids is 1. The topological polar surface area (TPSA) is 104 Å². The molecule has 0 radical (unpaired) electrons. The average Bonchev–Trinajstić information content (AvgIpc) is 2.39. The van der Waals surface area contributed by atoms with E-state index in [1.165, 1.54) is 0 Å². The summed E-state index contributed by atoms with van der Waals surface area (Å²) in [7, 11) is 0. The lowest BCUT2D eigenvalue weighted by Crippen LogP contribution is -2.48. The van der Waals surface area contributed by atoms with Crippen molar-refractivity contribution < 1.29 is 4.79 Å². The molecule has 0 saturated carbocycles. The van der Waals surface area contributed by atoms with E-state index in [-0.39, 0.29) is 18.0 Å². The van der Waals surface area contributed by atoms with E-state index < -0.39 is 0 Å². The number of hydrogen-bond acceptors (Lipinski definition) is 5. The first-order valence-corrected chi connectivity index (χ1v) is 5.95. The van der Waals surface area contributed by atoms with E-state index >= 15 is 0 Å². The molecule has 1 aromatic heterocycles. The van der Waals surface area contributed by atoms with Gasteiger partial charge < -0.3 is 16.0 Å². The fraction of sp³-hybridized carbons (Fsp3) is 0.250. The molecule has 0 spiro atoms. The number of nitrogens with zero attached hydrogens (tertiary/aromatic N) is 2. The first kappa shape index (κ1) is 11.5. The first-order valence-electron chi connectivity index (χ1n) is 5.95. The van der Waals surface area contributed by atoms with Crippen LogP contribution < -0.4 is 21.5 Å². The number of benzene rings is 1. The predicted octanol–water partition coefficient (Wildman–Crippen LogP) is -0.559. The van der Waals surface area contributed by atoms with Crippen LogP contribution in [0.5, 0.6) is 0 Å². The Kier molecular flexibility index (Phi) is 2.59. The number of hydrogen-bond donors (Lipinski definition) is 3. The van der Waals surface area contributed by atoms with Gasteiger partial charge in [-0.1, -0.05) is 0 Å². The van der Waals surface area contributed by atoms with Gasteiger partial charge in [0.25, 0.3) is 5.56 Å². The Hall–Kier alpha value is -2.57. The molecule has 2 heterocycles. The number of nitrogens with one attached hydrogen (secondary N) is 2. The second-order valence-corrected chi connectivity index (χ2v) is 4.44. The number of rotatable bonds is 1. The van der Waals surface area contributed by atoms with Crippen molar-refractivity contribution in [1.82, 2.24) is 15.3 Å². The van der Waals surface area contributed by atoms with Crippen LogP contribution in [0.3, 0.4) is 0 Å². The Morgan fingerprint density at radius 1 is 1.32 bits per heavy atom. The van der Waals surface area contributed by atoms with Crippen LogP contribution in [-0.4, -0.2) is 35.5 Å². The zero-order valence-corrected chi connectivity index (χ0v) is 10.1. The zero-order chi connectivity index (χ0) is 13.4. The number of aromatic amines is 1. The van der Waals surface area contributed by atoms with Crippen LogP contribution in [0.25, 0.3) is 10.9 Å². The van der Waals surface area contributed by atoms with Gasteiger partial charge in [-0.3, -0.25) is 14.6 Å². The maximum atomic E-state index is 12.0. The molecule has 0 bridgehead atoms. The minimum Gasteiger partial charge on any atom is -0.399 e. The Bertz CT molecular complexity index is 709. The van der Waals surface area contributed by atoms with Gasteiger partial charge in [-0.2, -0.15) is 0 Å². The number of nitrogen functional groups attached to an aromatic ring is 1. The van der Waals surface area contributed by atoms with Crippen molar-refractivity contribution >= 4 is 28.4 Å². The molecular formula is C12H13N5O2. The summed E-state index contributed by atoms with van der Waals surface area (Å²) in [5, 5.41) is 3.17. The Morgan fingerprint density at radius 2 is 2.16 bits per heavy atom. The lowest BCUT2D eigenvalue weighted by atomic mass is 10.2. The third-order valence-electron chi connectivity index (χ3n) is 3.05. The lowest BCUT2D eigenvalue weighted by molar-refractivity contribution is -0.120. The second-order valence-electron chi connectivity index (χ2n) is 4.44. The van der Waals surface area contributed by atoms with E-state index in [4.69, 9.17) is 5.73 Å². The molecule has 0 atom stereocenters. The molecule has 7 nitrogen and oxygen atoms in total. The highest BCUT2D eigenvalue weighted by atomic mass is 16.2. The molecule has 1 fully saturated rings. The smallest absolute Gasteiger partial charge is 0.260 e. The van der Waals surface area contributed by atoms with Crippen LogP contribution in [0.1, 0.15) is 0 Å². The number of carbonyl (C=O) groups is 1. The fourth-order valence-electron chi connectivity index (χ4n) is 2.11. The molecule has 1 aromatic carbocycles. The van der Waals surface area contributed by atoms with Crippen molar-refractivity contribution in [3.8, 4) is 0 Å². The minimum absolute atomic E-state index is 0.0775. The van der Waals surface area contributed by atoms with Gasteiger partial charge in [0.2, 0.25) is 11.9 Å². The summed E-state index contributed by atoms with van der Waals surface area (Å²) in [4.78, 5) is 32.2. The largest absolute Gasteiger partial charge is 0.399 e. The van der Waals surface area contributed by atoms with Gasteiger partial charge in [0.05, 0.1) is 17.4 Å². The standard InChI is InChI=1S/C12H13N5O2/c13-7-1-2-9-8(5-7)11(19)16-12(15-9)17-4-3-14-10(18)6-17/h1-2,5H,3-4,6,13H2,(H,14,18)(H,15,16,19). The summed E-state index contributed by atoms with van der Waals surface area (Å²) in [6.45, 7) is 1.36. The Labute approximate surface area is 108 Å². The van der Waals surface area contributed by atoms with Gasteiger partial charge in [-0.25, -0.2) is 4.98 Å². The summed E-state index contributed by atoms with van der Waals surface area (Å²) in [5.74, 6) is 0.337. The third-order valence-corrected chi connectivity index (χ3v) is 3.05. The van der Waals surface area contributed by atoms with Crippen LogP contribution in [0.4, 0.5) is 11.6 Å². The quantitative estimate of drug-likeness (QED) is 0.596. The molecule has 4 N–H and O–H groups in total. The SMILES string of the molecule is Nc1ccc2nc(N3CCNC(=O)C3)[nH]c(=O)c2c1. The zero-order valence-electron chi connectivity index (χ0n) is 10.1. The molecule has 1 saturated heterocycles. The van der Waals surface area contributed by atoms with Crippen molar-refractivity contribution in [2.45, 2.75) is 0 Å². The van der Waals surface area contributed by atoms with Gasteiger partial charge in [0.1, 0.15) is 0 Å². The number of aromatic nitrogens is 2. The maximum absolute atomic E-state index is 12.0. The van der Waals surface area contributed by atoms with E-state index in [2.05, 4.69) is 15.3 Å². The van der Waals surface area contributed by atoms with Crippen molar-refractivity contribution in [2.75, 3.05) is 30.3 Å². The number of H-pyrrole nitrogens is 1. The number of fused-ring (bicyclic) bond motifs is 1. The molecule has 98 valence electrons. The highest BCUT2D eigenvalue weighted by molar-refractivity contribution is 5.84. The first-order chi connectivity index (χ1) is 9.13. The van der Waals surface area contributed by atoms with Crippen molar-refractivity contribution in [3.05, 3.63) is 28.6 Å². The van der Waals surface area contributed by atoms with Crippen LogP contribution in [0, 0.1) is 0 Å². The van der Waals surface area contributed by atoms with E-state index in [0.717, 1.165) is 0 Å². The van der Waals surface area contributed by atoms with Crippen molar-refractivity contribution in [3.63, 3.8) is 0 Å². The van der Waals surface area contributed by atoms with Gasteiger partial charge >= 0.3 is 0 Å². The fourth-order valence-corrected chi connectivity index (χ4v) is 2.11. The number of piperazine rings is 1. The molecule has 1 aliphatic rings. The molecule has 2 aromatic rings. The van der Waals surface area contributed by atoms with Crippen LogP contribution in [-0.2, 0) is 4.79 Å². The van der Waals surface area contributed by atoms with Crippen molar-refractivity contribution in [2.24, 2.45) is 0 Å². The summed E-state index contributed by atoms with van der Waals surface area (Å²) in [6.07, 6.45) is 0. The normalized spacial score (nSPS) is 15.6. The van der Waals surface area contributed by atoms with Gasteiger partial charge in [0, 0.05) is 18.8 Å². The summed E-state index contributed by atoms with van der Waals surface area (Å²) >= 11 is 0. The Morgan fingerprint density at radius 3 is 2.95 bits per heavy atom. The van der Waals surface area contributed by atoms with Gasteiger partial charge in [0.15, 0.2) is 0 Å². The minimum atomic E-state index is -0.252. The van der Waals surface area contributed by atoms with Crippen LogP contribution in [0.2, 0.25) is 0 Å². The molecule has 1 aliphatic heterocycles. The summed E-state index contributed by atoms with van der Waals surface area (Å²) in [5.41, 5.74) is 6.48. The number of anilines is 2. The average molecular weight is 259 g/mol. The molecule has 7 heteroatoms. The molecule has 0 aliphatic carbocycles. The van der Waals surface area contributed by atoms with Crippen LogP contribution >= 0.6 is 0 Å².